The van der Waals surface area contributed by atoms with E-state index in [4.69, 9.17) is 28.8 Å². The molecule has 0 radical (unpaired) electrons. The zero-order valence-corrected chi connectivity index (χ0v) is 24.5. The molecule has 9 aromatic rings. The van der Waals surface area contributed by atoms with Crippen LogP contribution in [0, 0.1) is 0 Å². The molecule has 3 heterocycles. The largest absolute Gasteiger partial charge is 0.456 e. The summed E-state index contributed by atoms with van der Waals surface area (Å²) in [4.78, 5) is 20.0. The third-order valence-electron chi connectivity index (χ3n) is 8.18. The topological polar surface area (TPSA) is 77.8 Å². The minimum atomic E-state index is 0.531. The number of rotatable bonds is 5. The van der Waals surface area contributed by atoms with Crippen molar-refractivity contribution in [3.8, 4) is 56.7 Å². The average molecular weight is 593 g/mol. The maximum absolute atomic E-state index is 6.40. The summed E-state index contributed by atoms with van der Waals surface area (Å²) in [5.41, 5.74) is 8.69. The molecule has 3 aromatic heterocycles. The number of hydrogen-bond donors (Lipinski definition) is 0. The molecule has 46 heavy (non-hydrogen) atoms. The van der Waals surface area contributed by atoms with Gasteiger partial charge in [-0.2, -0.15) is 0 Å². The van der Waals surface area contributed by atoms with Crippen molar-refractivity contribution in [3.63, 3.8) is 0 Å². The first kappa shape index (κ1) is 26.0. The molecule has 0 unspecified atom stereocenters. The van der Waals surface area contributed by atoms with Gasteiger partial charge in [-0.15, -0.1) is 0 Å². The SMILES string of the molecule is c1ccc(-c2cccc(-c3nc(-c4ccccc4)nc(-c4cccc5oc6cccc(-c7nc8ccccc8o7)c6c45)n3)c2)cc1. The summed E-state index contributed by atoms with van der Waals surface area (Å²) in [7, 11) is 0. The van der Waals surface area contributed by atoms with Crippen molar-refractivity contribution in [1.82, 2.24) is 19.9 Å². The van der Waals surface area contributed by atoms with Gasteiger partial charge in [0.15, 0.2) is 23.1 Å². The molecule has 6 heteroatoms. The van der Waals surface area contributed by atoms with Gasteiger partial charge in [-0.3, -0.25) is 0 Å². The lowest BCUT2D eigenvalue weighted by atomic mass is 10.0. The van der Waals surface area contributed by atoms with E-state index in [2.05, 4.69) is 24.3 Å². The third kappa shape index (κ3) is 4.43. The number of hydrogen-bond acceptors (Lipinski definition) is 6. The molecule has 9 rings (SSSR count). The Kier molecular flexibility index (Phi) is 6.03. The number of para-hydroxylation sites is 2. The number of nitrogens with zero attached hydrogens (tertiary/aromatic N) is 4. The van der Waals surface area contributed by atoms with Crippen LogP contribution in [-0.2, 0) is 0 Å². The van der Waals surface area contributed by atoms with Crippen LogP contribution in [0.15, 0.2) is 154 Å². The summed E-state index contributed by atoms with van der Waals surface area (Å²) in [6, 6.07) is 48.3. The smallest absolute Gasteiger partial charge is 0.228 e. The van der Waals surface area contributed by atoms with E-state index in [0.717, 1.165) is 66.4 Å². The molecule has 0 saturated heterocycles. The first-order valence-electron chi connectivity index (χ1n) is 15.1. The Labute approximate surface area is 263 Å². The predicted octanol–water partition coefficient (Wildman–Crippen LogP) is 10.2. The molecule has 0 bridgehead atoms. The van der Waals surface area contributed by atoms with Gasteiger partial charge in [-0.25, -0.2) is 19.9 Å². The van der Waals surface area contributed by atoms with Gasteiger partial charge >= 0.3 is 0 Å². The van der Waals surface area contributed by atoms with Crippen molar-refractivity contribution in [2.45, 2.75) is 0 Å². The standard InChI is InChI=1S/C40H24N4O2/c1-3-12-25(13-4-1)27-16-9-17-28(24-27)38-42-37(26-14-5-2-6-15-26)43-39(44-38)29-18-10-22-33-35(29)36-30(19-11-23-34(36)45-33)40-41-31-20-7-8-21-32(31)46-40/h1-24H. The van der Waals surface area contributed by atoms with Gasteiger partial charge in [0.25, 0.3) is 0 Å². The highest BCUT2D eigenvalue weighted by molar-refractivity contribution is 6.17. The van der Waals surface area contributed by atoms with Gasteiger partial charge in [-0.1, -0.05) is 109 Å². The highest BCUT2D eigenvalue weighted by atomic mass is 16.3. The summed E-state index contributed by atoms with van der Waals surface area (Å²) in [6.45, 7) is 0. The third-order valence-corrected chi connectivity index (χ3v) is 8.18. The van der Waals surface area contributed by atoms with Crippen LogP contribution in [0.5, 0.6) is 0 Å². The van der Waals surface area contributed by atoms with E-state index >= 15 is 0 Å². The van der Waals surface area contributed by atoms with Crippen molar-refractivity contribution in [2.75, 3.05) is 0 Å². The lowest BCUT2D eigenvalue weighted by Crippen LogP contribution is -2.00. The van der Waals surface area contributed by atoms with Crippen molar-refractivity contribution >= 4 is 33.0 Å². The zero-order chi connectivity index (χ0) is 30.5. The number of furan rings is 1. The Morgan fingerprint density at radius 1 is 0.348 bits per heavy atom. The molecule has 0 aliphatic carbocycles. The van der Waals surface area contributed by atoms with Crippen LogP contribution >= 0.6 is 0 Å². The molecule has 0 spiro atoms. The second-order valence-corrected chi connectivity index (χ2v) is 11.1. The molecular formula is C40H24N4O2. The molecule has 0 aliphatic heterocycles. The van der Waals surface area contributed by atoms with Gasteiger partial charge in [-0.05, 0) is 47.5 Å². The van der Waals surface area contributed by atoms with Crippen LogP contribution in [0.1, 0.15) is 0 Å². The second-order valence-electron chi connectivity index (χ2n) is 11.1. The maximum Gasteiger partial charge on any atom is 0.228 e. The van der Waals surface area contributed by atoms with E-state index in [1.54, 1.807) is 0 Å². The molecule has 6 nitrogen and oxygen atoms in total. The first-order valence-corrected chi connectivity index (χ1v) is 15.1. The van der Waals surface area contributed by atoms with Crippen LogP contribution in [0.4, 0.5) is 0 Å². The van der Waals surface area contributed by atoms with Crippen molar-refractivity contribution in [3.05, 3.63) is 146 Å². The van der Waals surface area contributed by atoms with Gasteiger partial charge in [0, 0.05) is 33.0 Å². The zero-order valence-electron chi connectivity index (χ0n) is 24.5. The summed E-state index contributed by atoms with van der Waals surface area (Å²) in [6.07, 6.45) is 0. The minimum absolute atomic E-state index is 0.531. The number of oxazole rings is 1. The number of benzene rings is 6. The monoisotopic (exact) mass is 592 g/mol. The molecule has 216 valence electrons. The lowest BCUT2D eigenvalue weighted by Gasteiger charge is -2.10. The fourth-order valence-corrected chi connectivity index (χ4v) is 6.03. The lowest BCUT2D eigenvalue weighted by molar-refractivity contribution is 0.620. The molecule has 0 saturated carbocycles. The Balaban J connectivity index is 1.29. The summed E-state index contributed by atoms with van der Waals surface area (Å²) in [5, 5.41) is 1.79. The Hall–Kier alpha value is -6.40. The quantitative estimate of drug-likeness (QED) is 0.198. The summed E-state index contributed by atoms with van der Waals surface area (Å²) < 4.78 is 12.6. The molecule has 0 fully saturated rings. The van der Waals surface area contributed by atoms with E-state index in [0.29, 0.717) is 23.4 Å². The van der Waals surface area contributed by atoms with Crippen LogP contribution < -0.4 is 0 Å². The maximum atomic E-state index is 6.40. The first-order chi connectivity index (χ1) is 22.8. The summed E-state index contributed by atoms with van der Waals surface area (Å²) >= 11 is 0. The normalized spacial score (nSPS) is 11.5. The number of aromatic nitrogens is 4. The Morgan fingerprint density at radius 2 is 0.891 bits per heavy atom. The molecular weight excluding hydrogens is 568 g/mol. The van der Waals surface area contributed by atoms with E-state index in [1.807, 2.05) is 121 Å². The molecule has 0 amide bonds. The second kappa shape index (κ2) is 10.6. The van der Waals surface area contributed by atoms with E-state index in [1.165, 1.54) is 0 Å². The molecule has 0 atom stereocenters. The van der Waals surface area contributed by atoms with Crippen LogP contribution in [0.2, 0.25) is 0 Å². The van der Waals surface area contributed by atoms with Gasteiger partial charge in [0.05, 0.1) is 0 Å². The molecule has 6 aromatic carbocycles. The van der Waals surface area contributed by atoms with Crippen molar-refractivity contribution in [1.29, 1.82) is 0 Å². The Bertz CT molecular complexity index is 2500. The van der Waals surface area contributed by atoms with E-state index in [-0.39, 0.29) is 0 Å². The van der Waals surface area contributed by atoms with Crippen LogP contribution in [0.3, 0.4) is 0 Å². The van der Waals surface area contributed by atoms with Crippen molar-refractivity contribution in [2.24, 2.45) is 0 Å². The van der Waals surface area contributed by atoms with E-state index < -0.39 is 0 Å². The highest BCUT2D eigenvalue weighted by Gasteiger charge is 2.22. The molecule has 0 N–H and O–H groups in total. The van der Waals surface area contributed by atoms with Crippen LogP contribution in [0.25, 0.3) is 89.8 Å². The van der Waals surface area contributed by atoms with Gasteiger partial charge in [0.1, 0.15) is 16.7 Å². The predicted molar refractivity (Wildman–Crippen MR) is 182 cm³/mol. The van der Waals surface area contributed by atoms with E-state index in [9.17, 15) is 0 Å². The average Bonchev–Trinajstić information content (AvgIpc) is 3.74. The summed E-state index contributed by atoms with van der Waals surface area (Å²) in [5.74, 6) is 2.26. The van der Waals surface area contributed by atoms with Gasteiger partial charge in [0.2, 0.25) is 5.89 Å². The fraction of sp³-hybridized carbons (Fsp3) is 0. The van der Waals surface area contributed by atoms with Gasteiger partial charge < -0.3 is 8.83 Å². The fourth-order valence-electron chi connectivity index (χ4n) is 6.03. The van der Waals surface area contributed by atoms with Crippen LogP contribution in [-0.4, -0.2) is 19.9 Å². The Morgan fingerprint density at radius 3 is 1.65 bits per heavy atom. The molecule has 0 aliphatic rings. The van der Waals surface area contributed by atoms with Crippen molar-refractivity contribution < 1.29 is 8.83 Å². The highest BCUT2D eigenvalue weighted by Crippen LogP contribution is 2.41. The minimum Gasteiger partial charge on any atom is -0.456 e. The number of fused-ring (bicyclic) bond motifs is 4.